The summed E-state index contributed by atoms with van der Waals surface area (Å²) < 4.78 is 0. The zero-order valence-electron chi connectivity index (χ0n) is 10.9. The summed E-state index contributed by atoms with van der Waals surface area (Å²) in [5.41, 5.74) is -0.303. The van der Waals surface area contributed by atoms with E-state index in [4.69, 9.17) is 20.4 Å². The van der Waals surface area contributed by atoms with Gasteiger partial charge in [-0.05, 0) is 37.5 Å². The van der Waals surface area contributed by atoms with Crippen molar-refractivity contribution < 1.29 is 30.0 Å². The first-order valence-corrected chi connectivity index (χ1v) is 6.25. The first-order valence-electron chi connectivity index (χ1n) is 6.25. The lowest BCUT2D eigenvalue weighted by Gasteiger charge is -2.25. The molecule has 1 aliphatic carbocycles. The molecule has 1 fully saturated rings. The Labute approximate surface area is 112 Å². The van der Waals surface area contributed by atoms with E-state index in [2.05, 4.69) is 6.58 Å². The maximum Gasteiger partial charge on any atom is 0.331 e. The number of aliphatic hydroxyl groups excluding tert-OH is 2. The summed E-state index contributed by atoms with van der Waals surface area (Å²) in [7, 11) is 0. The number of aliphatic carboxylic acids is 2. The molecule has 4 N–H and O–H groups in total. The SMILES string of the molecule is C=C(CC(=O)O)C(=O)O.OCC1CCC(CO)CC1. The van der Waals surface area contributed by atoms with Crippen molar-refractivity contribution in [1.82, 2.24) is 0 Å². The first kappa shape index (κ1) is 17.6. The van der Waals surface area contributed by atoms with Crippen LogP contribution < -0.4 is 0 Å². The van der Waals surface area contributed by atoms with E-state index in [1.54, 1.807) is 0 Å². The molecule has 1 aliphatic rings. The summed E-state index contributed by atoms with van der Waals surface area (Å²) >= 11 is 0. The molecule has 1 saturated carbocycles. The van der Waals surface area contributed by atoms with Gasteiger partial charge in [0.25, 0.3) is 0 Å². The summed E-state index contributed by atoms with van der Waals surface area (Å²) in [6, 6.07) is 0. The van der Waals surface area contributed by atoms with Crippen molar-refractivity contribution >= 4 is 11.9 Å². The highest BCUT2D eigenvalue weighted by Gasteiger charge is 2.19. The summed E-state index contributed by atoms with van der Waals surface area (Å²) in [4.78, 5) is 19.7. The van der Waals surface area contributed by atoms with Gasteiger partial charge in [0.2, 0.25) is 0 Å². The van der Waals surface area contributed by atoms with Gasteiger partial charge < -0.3 is 20.4 Å². The third kappa shape index (κ3) is 8.34. The highest BCUT2D eigenvalue weighted by atomic mass is 16.4. The number of carboxylic acid groups (broad SMARTS) is 2. The minimum atomic E-state index is -1.27. The van der Waals surface area contributed by atoms with Crippen LogP contribution in [-0.2, 0) is 9.59 Å². The lowest BCUT2D eigenvalue weighted by Crippen LogP contribution is -2.19. The Morgan fingerprint density at radius 2 is 1.32 bits per heavy atom. The number of hydrogen-bond acceptors (Lipinski definition) is 4. The molecule has 1 rings (SSSR count). The minimum Gasteiger partial charge on any atom is -0.481 e. The van der Waals surface area contributed by atoms with E-state index in [9.17, 15) is 9.59 Å². The van der Waals surface area contributed by atoms with Crippen molar-refractivity contribution in [2.45, 2.75) is 32.1 Å². The fourth-order valence-corrected chi connectivity index (χ4v) is 1.85. The van der Waals surface area contributed by atoms with E-state index in [-0.39, 0.29) is 5.57 Å². The van der Waals surface area contributed by atoms with Gasteiger partial charge in [0.15, 0.2) is 0 Å². The zero-order valence-corrected chi connectivity index (χ0v) is 10.9. The Morgan fingerprint density at radius 1 is 0.947 bits per heavy atom. The van der Waals surface area contributed by atoms with Crippen LogP contribution in [0.1, 0.15) is 32.1 Å². The Kier molecular flexibility index (Phi) is 8.82. The van der Waals surface area contributed by atoms with Crippen LogP contribution in [0.3, 0.4) is 0 Å². The second-order valence-electron chi connectivity index (χ2n) is 4.73. The van der Waals surface area contributed by atoms with Crippen molar-refractivity contribution in [3.63, 3.8) is 0 Å². The van der Waals surface area contributed by atoms with Crippen molar-refractivity contribution in [3.05, 3.63) is 12.2 Å². The topological polar surface area (TPSA) is 115 Å². The van der Waals surface area contributed by atoms with Gasteiger partial charge in [-0.15, -0.1) is 0 Å². The molecule has 0 aromatic heterocycles. The Morgan fingerprint density at radius 3 is 1.47 bits per heavy atom. The molecule has 0 saturated heterocycles. The lowest BCUT2D eigenvalue weighted by atomic mass is 9.83. The Bertz CT molecular complexity index is 292. The van der Waals surface area contributed by atoms with Crippen LogP contribution in [0, 0.1) is 11.8 Å². The minimum absolute atomic E-state index is 0.303. The summed E-state index contributed by atoms with van der Waals surface area (Å²) in [6.45, 7) is 3.68. The van der Waals surface area contributed by atoms with E-state index in [0.29, 0.717) is 25.0 Å². The number of aliphatic hydroxyl groups is 2. The Hall–Kier alpha value is -1.40. The van der Waals surface area contributed by atoms with Crippen LogP contribution in [0.4, 0.5) is 0 Å². The van der Waals surface area contributed by atoms with Crippen molar-refractivity contribution in [3.8, 4) is 0 Å². The monoisotopic (exact) mass is 274 g/mol. The van der Waals surface area contributed by atoms with Gasteiger partial charge in [0.05, 0.1) is 6.42 Å². The summed E-state index contributed by atoms with van der Waals surface area (Å²) in [6.07, 6.45) is 3.89. The third-order valence-corrected chi connectivity index (χ3v) is 3.15. The summed E-state index contributed by atoms with van der Waals surface area (Å²) in [5, 5.41) is 33.7. The average Bonchev–Trinajstić information content (AvgIpc) is 2.38. The molecule has 0 heterocycles. The third-order valence-electron chi connectivity index (χ3n) is 3.15. The quantitative estimate of drug-likeness (QED) is 0.553. The average molecular weight is 274 g/mol. The van der Waals surface area contributed by atoms with Crippen LogP contribution >= 0.6 is 0 Å². The van der Waals surface area contributed by atoms with Crippen LogP contribution in [0.15, 0.2) is 12.2 Å². The maximum atomic E-state index is 9.87. The molecule has 0 aromatic rings. The lowest BCUT2D eigenvalue weighted by molar-refractivity contribution is -0.139. The first-order chi connectivity index (χ1) is 8.90. The van der Waals surface area contributed by atoms with Gasteiger partial charge in [-0.25, -0.2) is 4.79 Å². The van der Waals surface area contributed by atoms with Crippen molar-refractivity contribution in [2.24, 2.45) is 11.8 Å². The normalized spacial score (nSPS) is 22.0. The van der Waals surface area contributed by atoms with Crippen molar-refractivity contribution in [2.75, 3.05) is 13.2 Å². The van der Waals surface area contributed by atoms with E-state index < -0.39 is 18.4 Å². The van der Waals surface area contributed by atoms with Gasteiger partial charge in [-0.3, -0.25) is 4.79 Å². The predicted molar refractivity (Wildman–Crippen MR) is 68.6 cm³/mol. The molecule has 0 amide bonds. The number of hydrogen-bond donors (Lipinski definition) is 4. The molecular weight excluding hydrogens is 252 g/mol. The predicted octanol–water partition coefficient (Wildman–Crippen LogP) is 0.879. The smallest absolute Gasteiger partial charge is 0.331 e. The van der Waals surface area contributed by atoms with Crippen LogP contribution in [0.2, 0.25) is 0 Å². The molecule has 19 heavy (non-hydrogen) atoms. The maximum absolute atomic E-state index is 9.87. The van der Waals surface area contributed by atoms with Gasteiger partial charge >= 0.3 is 11.9 Å². The van der Waals surface area contributed by atoms with Crippen LogP contribution in [0.5, 0.6) is 0 Å². The second kappa shape index (κ2) is 9.52. The van der Waals surface area contributed by atoms with E-state index in [1.165, 1.54) is 0 Å². The molecule has 0 atom stereocenters. The molecular formula is C13H22O6. The van der Waals surface area contributed by atoms with E-state index in [0.717, 1.165) is 25.7 Å². The van der Waals surface area contributed by atoms with Gasteiger partial charge in [0.1, 0.15) is 0 Å². The van der Waals surface area contributed by atoms with Crippen LogP contribution in [0.25, 0.3) is 0 Å². The van der Waals surface area contributed by atoms with E-state index in [1.807, 2.05) is 0 Å². The number of rotatable bonds is 5. The molecule has 0 radical (unpaired) electrons. The number of carboxylic acids is 2. The highest BCUT2D eigenvalue weighted by molar-refractivity contribution is 5.91. The van der Waals surface area contributed by atoms with Gasteiger partial charge in [-0.2, -0.15) is 0 Å². The molecule has 6 heteroatoms. The van der Waals surface area contributed by atoms with Gasteiger partial charge in [0, 0.05) is 18.8 Å². The van der Waals surface area contributed by atoms with Gasteiger partial charge in [-0.1, -0.05) is 6.58 Å². The molecule has 110 valence electrons. The molecule has 0 aromatic carbocycles. The molecule has 6 nitrogen and oxygen atoms in total. The largest absolute Gasteiger partial charge is 0.481 e. The molecule has 0 unspecified atom stereocenters. The molecule has 0 spiro atoms. The zero-order chi connectivity index (χ0) is 14.8. The number of carbonyl (C=O) groups is 2. The fourth-order valence-electron chi connectivity index (χ4n) is 1.85. The van der Waals surface area contributed by atoms with Crippen LogP contribution in [-0.4, -0.2) is 45.6 Å². The highest BCUT2D eigenvalue weighted by Crippen LogP contribution is 2.27. The van der Waals surface area contributed by atoms with E-state index >= 15 is 0 Å². The summed E-state index contributed by atoms with van der Waals surface area (Å²) in [5.74, 6) is -1.41. The molecule has 0 bridgehead atoms. The fraction of sp³-hybridized carbons (Fsp3) is 0.692. The Balaban J connectivity index is 0.000000344. The second-order valence-corrected chi connectivity index (χ2v) is 4.73. The standard InChI is InChI=1S/C8H16O2.C5H6O4/c9-5-7-1-2-8(6-10)4-3-7;1-3(5(8)9)2-4(6)7/h7-10H,1-6H2;1-2H2,(H,6,7)(H,8,9). The molecule has 0 aliphatic heterocycles. The van der Waals surface area contributed by atoms with Crippen molar-refractivity contribution in [1.29, 1.82) is 0 Å².